The fourth-order valence-electron chi connectivity index (χ4n) is 1.89. The van der Waals surface area contributed by atoms with Crippen molar-refractivity contribution in [1.29, 1.82) is 0 Å². The lowest BCUT2D eigenvalue weighted by atomic mass is 10.1. The number of nitrogens with two attached hydrogens (primary N) is 1. The molecule has 8 heteroatoms. The Morgan fingerprint density at radius 3 is 2.88 bits per heavy atom. The SMILES string of the molecule is NC(=O)Oc1c(CN2CCCCC2)no[n+]1[O-]. The first-order valence-corrected chi connectivity index (χ1v) is 5.45. The van der Waals surface area contributed by atoms with Crippen LogP contribution < -0.4 is 15.4 Å². The van der Waals surface area contributed by atoms with Crippen LogP contribution in [0.1, 0.15) is 25.0 Å². The van der Waals surface area contributed by atoms with E-state index in [1.807, 2.05) is 0 Å². The summed E-state index contributed by atoms with van der Waals surface area (Å²) in [6.07, 6.45) is 2.38. The Morgan fingerprint density at radius 1 is 1.53 bits per heavy atom. The predicted octanol–water partition coefficient (Wildman–Crippen LogP) is -0.249. The van der Waals surface area contributed by atoms with Gasteiger partial charge in [-0.1, -0.05) is 6.42 Å². The third kappa shape index (κ3) is 2.84. The molecular formula is C9H14N4O4. The first-order valence-electron chi connectivity index (χ1n) is 5.45. The van der Waals surface area contributed by atoms with E-state index in [0.717, 1.165) is 25.9 Å². The Labute approximate surface area is 97.4 Å². The summed E-state index contributed by atoms with van der Waals surface area (Å²) in [6.45, 7) is 2.28. The molecule has 8 nitrogen and oxygen atoms in total. The highest BCUT2D eigenvalue weighted by atomic mass is 16.8. The summed E-state index contributed by atoms with van der Waals surface area (Å²) in [5, 5.41) is 14.7. The van der Waals surface area contributed by atoms with Crippen LogP contribution in [0.4, 0.5) is 4.79 Å². The molecule has 0 aliphatic carbocycles. The highest BCUT2D eigenvalue weighted by Gasteiger charge is 2.25. The summed E-state index contributed by atoms with van der Waals surface area (Å²) in [6, 6.07) is 0. The smallest absolute Gasteiger partial charge is 0.367 e. The average molecular weight is 242 g/mol. The number of hydrogen-bond acceptors (Lipinski definition) is 6. The minimum Gasteiger partial charge on any atom is -0.367 e. The summed E-state index contributed by atoms with van der Waals surface area (Å²) < 4.78 is 8.95. The molecule has 1 saturated heterocycles. The van der Waals surface area contributed by atoms with Gasteiger partial charge in [0.2, 0.25) is 0 Å². The number of amides is 1. The zero-order valence-corrected chi connectivity index (χ0v) is 9.29. The van der Waals surface area contributed by atoms with E-state index in [9.17, 15) is 10.0 Å². The van der Waals surface area contributed by atoms with Crippen LogP contribution in [0.3, 0.4) is 0 Å². The number of nitrogens with zero attached hydrogens (tertiary/aromatic N) is 3. The fourth-order valence-corrected chi connectivity index (χ4v) is 1.89. The maximum atomic E-state index is 11.2. The van der Waals surface area contributed by atoms with Crippen molar-refractivity contribution in [1.82, 2.24) is 10.1 Å². The van der Waals surface area contributed by atoms with Crippen LogP contribution in [-0.4, -0.2) is 29.2 Å². The Balaban J connectivity index is 2.06. The predicted molar refractivity (Wildman–Crippen MR) is 54.8 cm³/mol. The van der Waals surface area contributed by atoms with Gasteiger partial charge in [-0.3, -0.25) is 9.53 Å². The fraction of sp³-hybridized carbons (Fsp3) is 0.667. The number of primary amides is 1. The molecular weight excluding hydrogens is 228 g/mol. The number of piperidine rings is 1. The Kier molecular flexibility index (Phi) is 3.43. The van der Waals surface area contributed by atoms with E-state index in [2.05, 4.69) is 19.4 Å². The van der Waals surface area contributed by atoms with Gasteiger partial charge in [-0.15, -0.1) is 0 Å². The molecule has 1 amide bonds. The van der Waals surface area contributed by atoms with Gasteiger partial charge in [-0.05, 0) is 30.8 Å². The van der Waals surface area contributed by atoms with Crippen molar-refractivity contribution in [2.45, 2.75) is 25.8 Å². The van der Waals surface area contributed by atoms with Gasteiger partial charge in [0.1, 0.15) is 0 Å². The van der Waals surface area contributed by atoms with Crippen LogP contribution in [0.5, 0.6) is 5.88 Å². The van der Waals surface area contributed by atoms with E-state index in [1.165, 1.54) is 6.42 Å². The minimum atomic E-state index is -1.06. The Bertz CT molecular complexity index is 400. The molecule has 1 aliphatic heterocycles. The van der Waals surface area contributed by atoms with E-state index >= 15 is 0 Å². The van der Waals surface area contributed by atoms with Crippen LogP contribution in [0.2, 0.25) is 0 Å². The highest BCUT2D eigenvalue weighted by Crippen LogP contribution is 2.16. The second-order valence-corrected chi connectivity index (χ2v) is 3.94. The number of ether oxygens (including phenoxy) is 1. The van der Waals surface area contributed by atoms with E-state index in [4.69, 9.17) is 5.73 Å². The quantitative estimate of drug-likeness (QED) is 0.732. The summed E-state index contributed by atoms with van der Waals surface area (Å²) in [4.78, 5) is 12.8. The molecule has 1 aromatic rings. The number of carbonyl (C=O) groups excluding carboxylic acids is 1. The third-order valence-electron chi connectivity index (χ3n) is 2.66. The average Bonchev–Trinajstić information content (AvgIpc) is 2.62. The third-order valence-corrected chi connectivity index (χ3v) is 2.66. The van der Waals surface area contributed by atoms with E-state index in [0.29, 0.717) is 12.2 Å². The molecule has 1 fully saturated rings. The summed E-state index contributed by atoms with van der Waals surface area (Å²) in [5.74, 6) is -0.275. The summed E-state index contributed by atoms with van der Waals surface area (Å²) in [7, 11) is 0. The summed E-state index contributed by atoms with van der Waals surface area (Å²) >= 11 is 0. The number of rotatable bonds is 3. The molecule has 0 saturated carbocycles. The Morgan fingerprint density at radius 2 is 2.24 bits per heavy atom. The molecule has 0 aromatic carbocycles. The van der Waals surface area contributed by atoms with Gasteiger partial charge < -0.3 is 15.7 Å². The van der Waals surface area contributed by atoms with Crippen molar-refractivity contribution in [2.24, 2.45) is 5.73 Å². The van der Waals surface area contributed by atoms with Crippen LogP contribution in [0.25, 0.3) is 0 Å². The number of likely N-dealkylation sites (tertiary alicyclic amines) is 1. The van der Waals surface area contributed by atoms with Gasteiger partial charge in [0.05, 0.1) is 6.54 Å². The monoisotopic (exact) mass is 242 g/mol. The molecule has 0 unspecified atom stereocenters. The van der Waals surface area contributed by atoms with Crippen LogP contribution in [-0.2, 0) is 6.54 Å². The largest absolute Gasteiger partial charge is 0.412 e. The second kappa shape index (κ2) is 5.00. The maximum absolute atomic E-state index is 11.2. The topological polar surface area (TPSA) is 109 Å². The molecule has 2 N–H and O–H groups in total. The van der Waals surface area contributed by atoms with Gasteiger partial charge in [0.15, 0.2) is 0 Å². The Hall–Kier alpha value is -1.83. The molecule has 0 bridgehead atoms. The van der Waals surface area contributed by atoms with Gasteiger partial charge in [-0.25, -0.2) is 4.79 Å². The van der Waals surface area contributed by atoms with Gasteiger partial charge in [0.25, 0.3) is 5.69 Å². The standard InChI is InChI=1S/C9H14N4O4/c10-9(14)16-8-7(11-17-13(8)15)6-12-4-2-1-3-5-12/h1-6H2,(H2,10,14). The number of carbonyl (C=O) groups is 1. The van der Waals surface area contributed by atoms with E-state index in [-0.39, 0.29) is 10.8 Å². The molecule has 1 aliphatic rings. The molecule has 17 heavy (non-hydrogen) atoms. The molecule has 0 spiro atoms. The minimum absolute atomic E-state index is 0.0457. The zero-order valence-electron chi connectivity index (χ0n) is 9.29. The molecule has 1 aromatic heterocycles. The van der Waals surface area contributed by atoms with Crippen LogP contribution in [0.15, 0.2) is 4.63 Å². The molecule has 2 rings (SSSR count). The normalized spacial score (nSPS) is 16.9. The van der Waals surface area contributed by atoms with E-state index < -0.39 is 6.09 Å². The van der Waals surface area contributed by atoms with Crippen molar-refractivity contribution in [3.05, 3.63) is 10.9 Å². The van der Waals surface area contributed by atoms with Crippen LogP contribution >= 0.6 is 0 Å². The van der Waals surface area contributed by atoms with Crippen molar-refractivity contribution in [3.8, 4) is 5.88 Å². The molecule has 0 radical (unpaired) electrons. The lowest BCUT2D eigenvalue weighted by molar-refractivity contribution is -0.804. The number of aromatic nitrogens is 2. The summed E-state index contributed by atoms with van der Waals surface area (Å²) in [5.41, 5.74) is 5.15. The van der Waals surface area contributed by atoms with Gasteiger partial charge >= 0.3 is 12.0 Å². The van der Waals surface area contributed by atoms with Gasteiger partial charge in [-0.2, -0.15) is 0 Å². The van der Waals surface area contributed by atoms with Gasteiger partial charge in [0, 0.05) is 5.16 Å². The first-order chi connectivity index (χ1) is 8.16. The van der Waals surface area contributed by atoms with E-state index in [1.54, 1.807) is 0 Å². The lowest BCUT2D eigenvalue weighted by Crippen LogP contribution is -2.32. The first kappa shape index (κ1) is 11.6. The second-order valence-electron chi connectivity index (χ2n) is 3.94. The van der Waals surface area contributed by atoms with Crippen molar-refractivity contribution in [2.75, 3.05) is 13.1 Å². The lowest BCUT2D eigenvalue weighted by Gasteiger charge is -2.24. The molecule has 0 atom stereocenters. The van der Waals surface area contributed by atoms with Crippen molar-refractivity contribution in [3.63, 3.8) is 0 Å². The number of hydrogen-bond donors (Lipinski definition) is 1. The van der Waals surface area contributed by atoms with Crippen molar-refractivity contribution >= 4 is 6.09 Å². The maximum Gasteiger partial charge on any atom is 0.412 e. The van der Waals surface area contributed by atoms with Crippen LogP contribution in [0, 0.1) is 5.21 Å². The van der Waals surface area contributed by atoms with Crippen molar-refractivity contribution < 1.29 is 19.1 Å². The zero-order chi connectivity index (χ0) is 12.3. The molecule has 2 heterocycles. The molecule has 94 valence electrons. The highest BCUT2D eigenvalue weighted by molar-refractivity contribution is 5.67.